The molecule has 2 aromatic rings. The third kappa shape index (κ3) is 19.6. The number of anilines is 2. The number of ether oxygens (including phenoxy) is 2. The van der Waals surface area contributed by atoms with E-state index >= 15 is 0 Å². The monoisotopic (exact) mass is 1060 g/mol. The lowest BCUT2D eigenvalue weighted by Crippen LogP contribution is -2.41. The minimum absolute atomic E-state index is 0. The first-order valence-electron chi connectivity index (χ1n) is 22.3. The average Bonchev–Trinajstić information content (AvgIpc) is 3.72. The van der Waals surface area contributed by atoms with Crippen molar-refractivity contribution in [2.75, 3.05) is 98.9 Å². The van der Waals surface area contributed by atoms with E-state index in [1.54, 1.807) is 0 Å². The van der Waals surface area contributed by atoms with Crippen LogP contribution in [0.3, 0.4) is 0 Å². The summed E-state index contributed by atoms with van der Waals surface area (Å²) >= 11 is 23.6. The number of amides is 4. The number of carbonyl (C=O) groups excluding carboxylic acids is 6. The molecule has 6 N–H and O–H groups in total. The molecule has 2 aromatic carbocycles. The number of alkyl halides is 4. The van der Waals surface area contributed by atoms with Gasteiger partial charge in [-0.1, -0.05) is 43.5 Å². The number of nitrogens with one attached hydrogen (secondary N) is 2. The van der Waals surface area contributed by atoms with E-state index < -0.39 is 36.1 Å². The SMILES string of the molecule is Cl.Cl.N[C@@H](Cc1ccc(N(CCCl)CCCl)cc1)C(=O)OCCN1C(=O)CC(NCCCCCCCNC2CC(=O)N(CCOC(=O)[C@@H](N)Cc3ccc(N(CCCl)CCCl)cc3)C2=O)C1=O. The van der Waals surface area contributed by atoms with Gasteiger partial charge >= 0.3 is 11.9 Å². The van der Waals surface area contributed by atoms with E-state index in [0.29, 0.717) is 62.8 Å². The van der Waals surface area contributed by atoms with Crippen LogP contribution in [0, 0.1) is 0 Å². The van der Waals surface area contributed by atoms with Crippen LogP contribution in [0.2, 0.25) is 0 Å². The van der Waals surface area contributed by atoms with E-state index in [-0.39, 0.29) is 100 Å². The summed E-state index contributed by atoms with van der Waals surface area (Å²) in [5.41, 5.74) is 15.9. The molecule has 0 spiro atoms. The van der Waals surface area contributed by atoms with Gasteiger partial charge < -0.3 is 41.4 Å². The highest BCUT2D eigenvalue weighted by Crippen LogP contribution is 2.19. The van der Waals surface area contributed by atoms with Gasteiger partial charge in [-0.3, -0.25) is 38.6 Å². The van der Waals surface area contributed by atoms with Gasteiger partial charge in [0.1, 0.15) is 25.3 Å². The fourth-order valence-electron chi connectivity index (χ4n) is 7.69. The second-order valence-electron chi connectivity index (χ2n) is 16.0. The summed E-state index contributed by atoms with van der Waals surface area (Å²) in [6, 6.07) is 12.2. The molecule has 2 aliphatic rings. The molecule has 67 heavy (non-hydrogen) atoms. The third-order valence-electron chi connectivity index (χ3n) is 11.3. The molecule has 0 aliphatic carbocycles. The fraction of sp³-hybridized carbons (Fsp3) is 0.600. The molecule has 4 atom stereocenters. The van der Waals surface area contributed by atoms with Crippen molar-refractivity contribution in [3.63, 3.8) is 0 Å². The van der Waals surface area contributed by atoms with Crippen molar-refractivity contribution in [2.24, 2.45) is 11.5 Å². The standard InChI is InChI=1S/C45H64Cl4N8O8.2ClH/c46-14-20-54(21-15-47)34-10-6-32(7-11-34)28-36(50)44(62)64-26-24-56-40(58)30-38(42(56)60)52-18-4-2-1-3-5-19-53-39-31-41(59)57(43(39)61)25-27-65-45(63)37(51)29-33-8-12-35(13-9-33)55(22-16-48)23-17-49;;/h6-13,36-39,52-53H,1-5,14-31,50-51H2;2*1H/t36-,37-,38?,39?;;/m0../s1. The number of benzene rings is 2. The summed E-state index contributed by atoms with van der Waals surface area (Å²) in [5.74, 6) is -0.674. The van der Waals surface area contributed by atoms with Crippen molar-refractivity contribution in [1.82, 2.24) is 20.4 Å². The summed E-state index contributed by atoms with van der Waals surface area (Å²) < 4.78 is 10.6. The van der Waals surface area contributed by atoms with Crippen molar-refractivity contribution in [3.8, 4) is 0 Å². The number of hydrogen-bond donors (Lipinski definition) is 4. The maximum atomic E-state index is 12.9. The normalized spacial score (nSPS) is 16.7. The Labute approximate surface area is 426 Å². The highest BCUT2D eigenvalue weighted by Gasteiger charge is 2.39. The van der Waals surface area contributed by atoms with Crippen LogP contribution >= 0.6 is 71.2 Å². The molecular weight excluding hydrogens is 993 g/mol. The van der Waals surface area contributed by atoms with Crippen molar-refractivity contribution in [2.45, 2.75) is 82.0 Å². The summed E-state index contributed by atoms with van der Waals surface area (Å²) in [7, 11) is 0. The number of hydrogen-bond acceptors (Lipinski definition) is 14. The topological polar surface area (TPSA) is 210 Å². The van der Waals surface area contributed by atoms with Crippen molar-refractivity contribution in [3.05, 3.63) is 59.7 Å². The lowest BCUT2D eigenvalue weighted by molar-refractivity contribution is -0.149. The zero-order valence-electron chi connectivity index (χ0n) is 37.7. The van der Waals surface area contributed by atoms with Crippen molar-refractivity contribution in [1.29, 1.82) is 0 Å². The Hall–Kier alpha value is -3.16. The quantitative estimate of drug-likeness (QED) is 0.0354. The Morgan fingerprint density at radius 3 is 1.24 bits per heavy atom. The maximum Gasteiger partial charge on any atom is 0.323 e. The molecule has 0 saturated carbocycles. The van der Waals surface area contributed by atoms with Crippen LogP contribution in [0.15, 0.2) is 48.5 Å². The Morgan fingerprint density at radius 2 is 0.910 bits per heavy atom. The smallest absolute Gasteiger partial charge is 0.323 e. The molecule has 22 heteroatoms. The fourth-order valence-corrected chi connectivity index (χ4v) is 8.50. The number of halogens is 6. The minimum atomic E-state index is -0.905. The van der Waals surface area contributed by atoms with Crippen LogP contribution < -0.4 is 31.9 Å². The summed E-state index contributed by atoms with van der Waals surface area (Å²) in [5, 5.41) is 6.35. The first kappa shape index (κ1) is 60.0. The first-order chi connectivity index (χ1) is 31.4. The number of carbonyl (C=O) groups is 6. The molecule has 16 nitrogen and oxygen atoms in total. The van der Waals surface area contributed by atoms with E-state index in [2.05, 4.69) is 20.4 Å². The Morgan fingerprint density at radius 1 is 0.582 bits per heavy atom. The van der Waals surface area contributed by atoms with Gasteiger partial charge in [-0.25, -0.2) is 0 Å². The molecular formula is C45H66Cl6N8O8. The molecule has 2 aliphatic heterocycles. The van der Waals surface area contributed by atoms with E-state index in [4.69, 9.17) is 67.3 Å². The van der Waals surface area contributed by atoms with Gasteiger partial charge in [-0.2, -0.15) is 0 Å². The molecule has 2 heterocycles. The molecule has 0 radical (unpaired) electrons. The molecule has 4 rings (SSSR count). The van der Waals surface area contributed by atoms with E-state index in [0.717, 1.165) is 64.4 Å². The van der Waals surface area contributed by atoms with E-state index in [1.807, 2.05) is 48.5 Å². The molecule has 0 bridgehead atoms. The second-order valence-corrected chi connectivity index (χ2v) is 17.5. The minimum Gasteiger partial charge on any atom is -0.463 e. The number of imide groups is 2. The number of nitrogens with zero attached hydrogens (tertiary/aromatic N) is 4. The zero-order chi connectivity index (χ0) is 47.1. The number of rotatable bonds is 32. The molecule has 2 saturated heterocycles. The van der Waals surface area contributed by atoms with Gasteiger partial charge in [0, 0.05) is 61.1 Å². The van der Waals surface area contributed by atoms with Crippen LogP contribution in [-0.2, 0) is 51.1 Å². The predicted molar refractivity (Wildman–Crippen MR) is 269 cm³/mol. The highest BCUT2D eigenvalue weighted by molar-refractivity contribution is 6.19. The average molecular weight is 1060 g/mol. The molecule has 0 aromatic heterocycles. The molecule has 376 valence electrons. The van der Waals surface area contributed by atoms with Crippen molar-refractivity contribution >= 4 is 118 Å². The summed E-state index contributed by atoms with van der Waals surface area (Å²) in [6.07, 6.45) is 4.96. The van der Waals surface area contributed by atoms with Gasteiger partial charge in [0.25, 0.3) is 0 Å². The van der Waals surface area contributed by atoms with Crippen LogP contribution in [0.1, 0.15) is 56.1 Å². The lowest BCUT2D eigenvalue weighted by Gasteiger charge is -2.23. The molecule has 2 fully saturated rings. The number of nitrogens with two attached hydrogens (primary N) is 2. The van der Waals surface area contributed by atoms with E-state index in [1.165, 1.54) is 0 Å². The largest absolute Gasteiger partial charge is 0.463 e. The number of likely N-dealkylation sites (tertiary alicyclic amines) is 2. The highest BCUT2D eigenvalue weighted by atomic mass is 35.5. The van der Waals surface area contributed by atoms with Gasteiger partial charge in [-0.15, -0.1) is 71.2 Å². The van der Waals surface area contributed by atoms with Crippen LogP contribution in [0.5, 0.6) is 0 Å². The van der Waals surface area contributed by atoms with Gasteiger partial charge in [0.05, 0.1) is 38.0 Å². The summed E-state index contributed by atoms with van der Waals surface area (Å²) in [4.78, 5) is 82.6. The molecule has 2 unspecified atom stereocenters. The third-order valence-corrected chi connectivity index (χ3v) is 12.0. The number of unbranched alkanes of at least 4 members (excludes halogenated alkanes) is 4. The van der Waals surface area contributed by atoms with E-state index in [9.17, 15) is 28.8 Å². The maximum absolute atomic E-state index is 12.9. The number of esters is 2. The van der Waals surface area contributed by atoms with Crippen LogP contribution in [0.4, 0.5) is 11.4 Å². The van der Waals surface area contributed by atoms with Gasteiger partial charge in [0.15, 0.2) is 0 Å². The Kier molecular flexibility index (Phi) is 29.2. The van der Waals surface area contributed by atoms with Gasteiger partial charge in [0.2, 0.25) is 23.6 Å². The lowest BCUT2D eigenvalue weighted by atomic mass is 10.1. The van der Waals surface area contributed by atoms with Crippen LogP contribution in [0.25, 0.3) is 0 Å². The summed E-state index contributed by atoms with van der Waals surface area (Å²) in [6.45, 7) is 3.40. The van der Waals surface area contributed by atoms with Gasteiger partial charge in [-0.05, 0) is 74.2 Å². The molecule has 4 amide bonds. The van der Waals surface area contributed by atoms with Crippen molar-refractivity contribution < 1.29 is 38.2 Å². The Balaban J connectivity index is 0.00000771. The Bertz CT molecular complexity index is 1700. The van der Waals surface area contributed by atoms with Crippen LogP contribution in [-0.4, -0.2) is 159 Å². The zero-order valence-corrected chi connectivity index (χ0v) is 42.4. The first-order valence-corrected chi connectivity index (χ1v) is 24.5. The second kappa shape index (κ2) is 32.6. The predicted octanol–water partition coefficient (Wildman–Crippen LogP) is 4.01.